The van der Waals surface area contributed by atoms with Crippen LogP contribution in [-0.2, 0) is 0 Å². The number of aryl methyl sites for hydroxylation is 1. The number of nitrogens with zero attached hydrogens (tertiary/aromatic N) is 2. The van der Waals surface area contributed by atoms with Crippen LogP contribution in [0.2, 0.25) is 0 Å². The number of hydrogen-bond acceptors (Lipinski definition) is 3. The molecule has 0 fully saturated rings. The summed E-state index contributed by atoms with van der Waals surface area (Å²) in [7, 11) is 0. The van der Waals surface area contributed by atoms with Crippen LogP contribution in [0.25, 0.3) is 0 Å². The van der Waals surface area contributed by atoms with E-state index in [1.807, 2.05) is 6.92 Å². The van der Waals surface area contributed by atoms with Crippen LogP contribution in [0.1, 0.15) is 24.6 Å². The lowest BCUT2D eigenvalue weighted by molar-refractivity contribution is 0.386. The highest BCUT2D eigenvalue weighted by Gasteiger charge is 2.06. The van der Waals surface area contributed by atoms with Crippen molar-refractivity contribution in [2.45, 2.75) is 19.8 Å². The Morgan fingerprint density at radius 3 is 2.80 bits per heavy atom. The summed E-state index contributed by atoms with van der Waals surface area (Å²) in [5.74, 6) is 1.48. The van der Waals surface area contributed by atoms with E-state index in [9.17, 15) is 0 Å². The first kappa shape index (κ1) is 6.99. The Hall–Kier alpha value is -1.12. The lowest BCUT2D eigenvalue weighted by Crippen LogP contribution is -1.90. The SMILES string of the molecule is C=C[C@@H](C)c1noc(C)n1. The first-order valence-electron chi connectivity index (χ1n) is 3.17. The standard InChI is InChI=1S/C7H10N2O/c1-4-5(2)7-8-6(3)10-9-7/h4-5H,1H2,2-3H3/t5-/m1/s1. The van der Waals surface area contributed by atoms with Crippen molar-refractivity contribution in [2.24, 2.45) is 0 Å². The maximum absolute atomic E-state index is 4.78. The van der Waals surface area contributed by atoms with Gasteiger partial charge in [-0.15, -0.1) is 6.58 Å². The minimum absolute atomic E-state index is 0.178. The van der Waals surface area contributed by atoms with Crippen molar-refractivity contribution in [3.8, 4) is 0 Å². The van der Waals surface area contributed by atoms with Crippen LogP contribution in [0.15, 0.2) is 17.2 Å². The first-order chi connectivity index (χ1) is 4.74. The molecule has 0 N–H and O–H groups in total. The van der Waals surface area contributed by atoms with E-state index in [2.05, 4.69) is 16.7 Å². The van der Waals surface area contributed by atoms with Gasteiger partial charge in [-0.1, -0.05) is 18.2 Å². The third-order valence-electron chi connectivity index (χ3n) is 1.30. The zero-order valence-electron chi connectivity index (χ0n) is 6.16. The molecule has 0 aliphatic rings. The molecule has 3 heteroatoms. The molecule has 10 heavy (non-hydrogen) atoms. The van der Waals surface area contributed by atoms with Crippen molar-refractivity contribution in [3.05, 3.63) is 24.4 Å². The number of rotatable bonds is 2. The molecule has 0 saturated carbocycles. The lowest BCUT2D eigenvalue weighted by atomic mass is 10.2. The molecule has 1 aromatic heterocycles. The molecule has 0 aliphatic carbocycles. The van der Waals surface area contributed by atoms with Crippen molar-refractivity contribution in [1.29, 1.82) is 0 Å². The molecule has 0 saturated heterocycles. The number of aromatic nitrogens is 2. The maximum atomic E-state index is 4.78. The highest BCUT2D eigenvalue weighted by Crippen LogP contribution is 2.10. The van der Waals surface area contributed by atoms with E-state index in [1.54, 1.807) is 13.0 Å². The monoisotopic (exact) mass is 138 g/mol. The molecule has 1 aromatic rings. The summed E-state index contributed by atoms with van der Waals surface area (Å²) in [6.07, 6.45) is 1.78. The zero-order chi connectivity index (χ0) is 7.56. The summed E-state index contributed by atoms with van der Waals surface area (Å²) >= 11 is 0. The normalized spacial score (nSPS) is 13.0. The van der Waals surface area contributed by atoms with Gasteiger partial charge in [0, 0.05) is 12.8 Å². The van der Waals surface area contributed by atoms with E-state index in [4.69, 9.17) is 4.52 Å². The summed E-state index contributed by atoms with van der Waals surface area (Å²) < 4.78 is 4.78. The predicted molar refractivity (Wildman–Crippen MR) is 37.6 cm³/mol. The number of allylic oxidation sites excluding steroid dienone is 1. The van der Waals surface area contributed by atoms with E-state index in [0.29, 0.717) is 11.7 Å². The van der Waals surface area contributed by atoms with Crippen molar-refractivity contribution in [3.63, 3.8) is 0 Å². The second-order valence-electron chi connectivity index (χ2n) is 2.20. The summed E-state index contributed by atoms with van der Waals surface area (Å²) in [5, 5.41) is 3.73. The van der Waals surface area contributed by atoms with Gasteiger partial charge in [-0.2, -0.15) is 4.98 Å². The van der Waals surface area contributed by atoms with Gasteiger partial charge in [0.15, 0.2) is 5.82 Å². The van der Waals surface area contributed by atoms with E-state index in [1.165, 1.54) is 0 Å². The third kappa shape index (κ3) is 1.23. The predicted octanol–water partition coefficient (Wildman–Crippen LogP) is 1.67. The average Bonchev–Trinajstić information content (AvgIpc) is 2.34. The molecule has 54 valence electrons. The molecule has 1 heterocycles. The smallest absolute Gasteiger partial charge is 0.223 e. The van der Waals surface area contributed by atoms with E-state index < -0.39 is 0 Å². The van der Waals surface area contributed by atoms with Crippen molar-refractivity contribution < 1.29 is 4.52 Å². The van der Waals surface area contributed by atoms with Gasteiger partial charge in [-0.3, -0.25) is 0 Å². The van der Waals surface area contributed by atoms with Gasteiger partial charge in [-0.25, -0.2) is 0 Å². The Labute approximate surface area is 59.8 Å². The quantitative estimate of drug-likeness (QED) is 0.583. The largest absolute Gasteiger partial charge is 0.340 e. The van der Waals surface area contributed by atoms with Gasteiger partial charge >= 0.3 is 0 Å². The zero-order valence-corrected chi connectivity index (χ0v) is 6.16. The average molecular weight is 138 g/mol. The minimum Gasteiger partial charge on any atom is -0.340 e. The summed E-state index contributed by atoms with van der Waals surface area (Å²) in [6.45, 7) is 7.36. The summed E-state index contributed by atoms with van der Waals surface area (Å²) in [5.41, 5.74) is 0. The molecule has 1 rings (SSSR count). The molecule has 0 aliphatic heterocycles. The molecule has 0 radical (unpaired) electrons. The molecule has 0 amide bonds. The fourth-order valence-corrected chi connectivity index (χ4v) is 0.605. The van der Waals surface area contributed by atoms with Crippen LogP contribution >= 0.6 is 0 Å². The third-order valence-corrected chi connectivity index (χ3v) is 1.30. The van der Waals surface area contributed by atoms with Gasteiger partial charge in [0.25, 0.3) is 0 Å². The first-order valence-corrected chi connectivity index (χ1v) is 3.17. The Balaban J connectivity index is 2.84. The molecule has 1 atom stereocenters. The topological polar surface area (TPSA) is 38.9 Å². The molecule has 3 nitrogen and oxygen atoms in total. The van der Waals surface area contributed by atoms with Crippen LogP contribution in [0.5, 0.6) is 0 Å². The second kappa shape index (κ2) is 2.64. The fraction of sp³-hybridized carbons (Fsp3) is 0.429. The Kier molecular flexibility index (Phi) is 1.85. The molecule has 0 bridgehead atoms. The van der Waals surface area contributed by atoms with Gasteiger partial charge in [0.05, 0.1) is 0 Å². The van der Waals surface area contributed by atoms with Gasteiger partial charge in [0.2, 0.25) is 5.89 Å². The van der Waals surface area contributed by atoms with Crippen LogP contribution in [0.4, 0.5) is 0 Å². The second-order valence-corrected chi connectivity index (χ2v) is 2.20. The maximum Gasteiger partial charge on any atom is 0.223 e. The van der Waals surface area contributed by atoms with Gasteiger partial charge in [-0.05, 0) is 0 Å². The Bertz CT molecular complexity index is 229. The van der Waals surface area contributed by atoms with Gasteiger partial charge < -0.3 is 4.52 Å². The molecular formula is C7H10N2O. The van der Waals surface area contributed by atoms with Crippen molar-refractivity contribution in [2.75, 3.05) is 0 Å². The fourth-order valence-electron chi connectivity index (χ4n) is 0.605. The molecule has 0 spiro atoms. The Morgan fingerprint density at radius 1 is 1.70 bits per heavy atom. The summed E-state index contributed by atoms with van der Waals surface area (Å²) in [4.78, 5) is 4.03. The highest BCUT2D eigenvalue weighted by molar-refractivity contribution is 5.00. The van der Waals surface area contributed by atoms with E-state index in [0.717, 1.165) is 0 Å². The van der Waals surface area contributed by atoms with Crippen LogP contribution < -0.4 is 0 Å². The molecule has 0 unspecified atom stereocenters. The van der Waals surface area contributed by atoms with Crippen molar-refractivity contribution in [1.82, 2.24) is 10.1 Å². The highest BCUT2D eigenvalue weighted by atomic mass is 16.5. The van der Waals surface area contributed by atoms with E-state index >= 15 is 0 Å². The molecular weight excluding hydrogens is 128 g/mol. The van der Waals surface area contributed by atoms with Crippen molar-refractivity contribution >= 4 is 0 Å². The van der Waals surface area contributed by atoms with Crippen LogP contribution in [0, 0.1) is 6.92 Å². The minimum atomic E-state index is 0.178. The van der Waals surface area contributed by atoms with E-state index in [-0.39, 0.29) is 5.92 Å². The summed E-state index contributed by atoms with van der Waals surface area (Å²) in [6, 6.07) is 0. The van der Waals surface area contributed by atoms with Crippen LogP contribution in [-0.4, -0.2) is 10.1 Å². The Morgan fingerprint density at radius 2 is 2.40 bits per heavy atom. The molecule has 0 aromatic carbocycles. The van der Waals surface area contributed by atoms with Gasteiger partial charge in [0.1, 0.15) is 0 Å². The lowest BCUT2D eigenvalue weighted by Gasteiger charge is -1.93. The number of hydrogen-bond donors (Lipinski definition) is 0. The van der Waals surface area contributed by atoms with Crippen LogP contribution in [0.3, 0.4) is 0 Å².